The first-order chi connectivity index (χ1) is 9.65. The minimum Gasteiger partial charge on any atom is -0.477 e. The molecule has 1 heterocycles. The van der Waals surface area contributed by atoms with Crippen LogP contribution in [0.1, 0.15) is 16.1 Å². The molecule has 1 aromatic carbocycles. The quantitative estimate of drug-likeness (QED) is 0.943. The van der Waals surface area contributed by atoms with Gasteiger partial charge in [-0.1, -0.05) is 18.2 Å². The lowest BCUT2D eigenvalue weighted by Crippen LogP contribution is -2.21. The lowest BCUT2D eigenvalue weighted by Gasteiger charge is -2.10. The Morgan fingerprint density at radius 1 is 1.10 bits per heavy atom. The van der Waals surface area contributed by atoms with Crippen LogP contribution in [0.15, 0.2) is 47.5 Å². The van der Waals surface area contributed by atoms with Crippen LogP contribution in [-0.4, -0.2) is 23.5 Å². The number of carbonyl (C=O) groups is 1. The van der Waals surface area contributed by atoms with Gasteiger partial charge in [-0.25, -0.2) is 17.2 Å². The van der Waals surface area contributed by atoms with E-state index in [9.17, 15) is 26.4 Å². The molecule has 0 bridgehead atoms. The summed E-state index contributed by atoms with van der Waals surface area (Å²) in [6.45, 7) is 0. The molecule has 0 aliphatic heterocycles. The summed E-state index contributed by atoms with van der Waals surface area (Å²) in [5, 5.41) is 8.92. The fourth-order valence-corrected chi connectivity index (χ4v) is 3.13. The second-order valence-electron chi connectivity index (χ2n) is 3.99. The van der Waals surface area contributed by atoms with Crippen LogP contribution in [0.25, 0.3) is 0 Å². The van der Waals surface area contributed by atoms with Crippen LogP contribution >= 0.6 is 0 Å². The first-order valence-corrected chi connectivity index (χ1v) is 6.92. The van der Waals surface area contributed by atoms with Crippen molar-refractivity contribution in [2.24, 2.45) is 0 Å². The van der Waals surface area contributed by atoms with Gasteiger partial charge in [0, 0.05) is 6.20 Å². The highest BCUT2D eigenvalue weighted by Gasteiger charge is 2.39. The van der Waals surface area contributed by atoms with Crippen molar-refractivity contribution < 1.29 is 31.5 Å². The zero-order valence-corrected chi connectivity index (χ0v) is 11.0. The maximum Gasteiger partial charge on any atom is 0.418 e. The minimum atomic E-state index is -4.97. The van der Waals surface area contributed by atoms with Gasteiger partial charge in [-0.15, -0.1) is 0 Å². The Hall–Kier alpha value is -2.29. The molecular weight excluding hydrogens is 311 g/mol. The molecule has 0 spiro atoms. The maximum atomic E-state index is 12.7. The second kappa shape index (κ2) is 4.92. The van der Waals surface area contributed by atoms with Crippen molar-refractivity contribution >= 4 is 16.0 Å². The van der Waals surface area contributed by atoms with Gasteiger partial charge in [-0.2, -0.15) is 13.2 Å². The van der Waals surface area contributed by atoms with Crippen LogP contribution in [0.5, 0.6) is 0 Å². The standard InChI is InChI=1S/C12H8F3NO4S/c13-12(14,15)9-6-7-16(10(9)11(17)18)21(19,20)8-4-2-1-3-5-8/h1-7H,(H,17,18). The van der Waals surface area contributed by atoms with E-state index >= 15 is 0 Å². The van der Waals surface area contributed by atoms with Crippen LogP contribution < -0.4 is 0 Å². The summed E-state index contributed by atoms with van der Waals surface area (Å²) in [4.78, 5) is 10.7. The van der Waals surface area contributed by atoms with Gasteiger partial charge >= 0.3 is 12.1 Å². The molecule has 2 rings (SSSR count). The average Bonchev–Trinajstić information content (AvgIpc) is 2.85. The molecule has 0 aliphatic rings. The van der Waals surface area contributed by atoms with E-state index in [0.29, 0.717) is 12.3 Å². The predicted octanol–water partition coefficient (Wildman–Crippen LogP) is 2.44. The number of nitrogens with zero attached hydrogens (tertiary/aromatic N) is 1. The summed E-state index contributed by atoms with van der Waals surface area (Å²) in [5.74, 6) is -1.98. The topological polar surface area (TPSA) is 76.4 Å². The van der Waals surface area contributed by atoms with E-state index in [2.05, 4.69) is 0 Å². The SMILES string of the molecule is O=C(O)c1c(C(F)(F)F)ccn1S(=O)(=O)c1ccccc1. The largest absolute Gasteiger partial charge is 0.477 e. The highest BCUT2D eigenvalue weighted by Crippen LogP contribution is 2.34. The third kappa shape index (κ3) is 2.64. The number of halogens is 3. The van der Waals surface area contributed by atoms with Gasteiger partial charge in [0.15, 0.2) is 5.69 Å². The Morgan fingerprint density at radius 3 is 2.14 bits per heavy atom. The summed E-state index contributed by atoms with van der Waals surface area (Å²) in [6.07, 6.45) is -4.39. The molecule has 9 heteroatoms. The Kier molecular flexibility index (Phi) is 3.54. The minimum absolute atomic E-state index is 0.119. The maximum absolute atomic E-state index is 12.7. The van der Waals surface area contributed by atoms with Crippen molar-refractivity contribution in [2.75, 3.05) is 0 Å². The van der Waals surface area contributed by atoms with Crippen molar-refractivity contribution in [2.45, 2.75) is 11.1 Å². The second-order valence-corrected chi connectivity index (χ2v) is 5.81. The van der Waals surface area contributed by atoms with E-state index in [-0.39, 0.29) is 8.87 Å². The zero-order chi connectivity index (χ0) is 15.8. The summed E-state index contributed by atoms with van der Waals surface area (Å²) in [7, 11) is -4.42. The lowest BCUT2D eigenvalue weighted by molar-refractivity contribution is -0.138. The fourth-order valence-electron chi connectivity index (χ4n) is 1.76. The molecule has 2 aromatic rings. The van der Waals surface area contributed by atoms with Gasteiger partial charge in [-0.05, 0) is 18.2 Å². The van der Waals surface area contributed by atoms with Crippen molar-refractivity contribution in [1.82, 2.24) is 3.97 Å². The predicted molar refractivity (Wildman–Crippen MR) is 65.4 cm³/mol. The number of benzene rings is 1. The third-order valence-electron chi connectivity index (χ3n) is 2.66. The molecule has 5 nitrogen and oxygen atoms in total. The molecule has 0 radical (unpaired) electrons. The fraction of sp³-hybridized carbons (Fsp3) is 0.0833. The molecule has 21 heavy (non-hydrogen) atoms. The highest BCUT2D eigenvalue weighted by molar-refractivity contribution is 7.90. The molecule has 0 fully saturated rings. The summed E-state index contributed by atoms with van der Waals surface area (Å²) in [5.41, 5.74) is -2.86. The molecule has 0 unspecified atom stereocenters. The first kappa shape index (κ1) is 15.1. The smallest absolute Gasteiger partial charge is 0.418 e. The van der Waals surface area contributed by atoms with Crippen molar-refractivity contribution in [1.29, 1.82) is 0 Å². The van der Waals surface area contributed by atoms with Gasteiger partial charge in [0.2, 0.25) is 0 Å². The summed E-state index contributed by atoms with van der Waals surface area (Å²) >= 11 is 0. The van der Waals surface area contributed by atoms with Crippen LogP contribution in [-0.2, 0) is 16.2 Å². The number of hydrogen-bond acceptors (Lipinski definition) is 3. The molecule has 0 saturated carbocycles. The number of rotatable bonds is 3. The van der Waals surface area contributed by atoms with E-state index in [1.54, 1.807) is 0 Å². The van der Waals surface area contributed by atoms with E-state index in [1.807, 2.05) is 0 Å². The molecule has 112 valence electrons. The number of alkyl halides is 3. The Labute approximate surface area is 117 Å². The van der Waals surface area contributed by atoms with Gasteiger partial charge < -0.3 is 5.11 Å². The number of aromatic carboxylic acids is 1. The van der Waals surface area contributed by atoms with Crippen LogP contribution in [0.4, 0.5) is 13.2 Å². The molecule has 0 saturated heterocycles. The molecule has 1 N–H and O–H groups in total. The summed E-state index contributed by atoms with van der Waals surface area (Å²) in [6, 6.07) is 7.02. The van der Waals surface area contributed by atoms with E-state index in [0.717, 1.165) is 12.1 Å². The van der Waals surface area contributed by atoms with Crippen LogP contribution in [0.2, 0.25) is 0 Å². The van der Waals surface area contributed by atoms with Crippen molar-refractivity contribution in [3.05, 3.63) is 53.9 Å². The first-order valence-electron chi connectivity index (χ1n) is 5.48. The normalized spacial score (nSPS) is 12.3. The Balaban J connectivity index is 2.72. The Bertz CT molecular complexity index is 779. The Morgan fingerprint density at radius 2 is 1.67 bits per heavy atom. The zero-order valence-electron chi connectivity index (χ0n) is 10.2. The van der Waals surface area contributed by atoms with Crippen LogP contribution in [0.3, 0.4) is 0 Å². The average molecular weight is 319 g/mol. The van der Waals surface area contributed by atoms with Crippen LogP contribution in [0, 0.1) is 0 Å². The molecule has 0 amide bonds. The van der Waals surface area contributed by atoms with E-state index in [1.165, 1.54) is 18.2 Å². The van der Waals surface area contributed by atoms with Gasteiger partial charge in [0.05, 0.1) is 10.5 Å². The molecule has 0 atom stereocenters. The number of carboxylic acids is 1. The molecular formula is C12H8F3NO4S. The third-order valence-corrected chi connectivity index (χ3v) is 4.35. The molecule has 1 aromatic heterocycles. The van der Waals surface area contributed by atoms with Gasteiger partial charge in [-0.3, -0.25) is 0 Å². The highest BCUT2D eigenvalue weighted by atomic mass is 32.2. The van der Waals surface area contributed by atoms with Crippen molar-refractivity contribution in [3.63, 3.8) is 0 Å². The van der Waals surface area contributed by atoms with Gasteiger partial charge in [0.1, 0.15) is 0 Å². The summed E-state index contributed by atoms with van der Waals surface area (Å²) < 4.78 is 62.8. The monoisotopic (exact) mass is 319 g/mol. The van der Waals surface area contributed by atoms with E-state index in [4.69, 9.17) is 5.11 Å². The molecule has 0 aliphatic carbocycles. The number of carboxylic acid groups (broad SMARTS) is 1. The number of hydrogen-bond donors (Lipinski definition) is 1. The number of aromatic nitrogens is 1. The van der Waals surface area contributed by atoms with Gasteiger partial charge in [0.25, 0.3) is 10.0 Å². The van der Waals surface area contributed by atoms with E-state index < -0.39 is 33.4 Å². The lowest BCUT2D eigenvalue weighted by atomic mass is 10.2. The van der Waals surface area contributed by atoms with Crippen molar-refractivity contribution in [3.8, 4) is 0 Å².